The van der Waals surface area contributed by atoms with Gasteiger partial charge in [-0.1, -0.05) is 56.3 Å². The van der Waals surface area contributed by atoms with Crippen LogP contribution in [-0.4, -0.2) is 11.5 Å². The molecule has 0 amide bonds. The molecule has 0 saturated heterocycles. The van der Waals surface area contributed by atoms with Crippen LogP contribution >= 0.6 is 23.5 Å². The van der Waals surface area contributed by atoms with Gasteiger partial charge in [-0.15, -0.1) is 23.5 Å². The molecule has 0 aliphatic carbocycles. The van der Waals surface area contributed by atoms with Crippen molar-refractivity contribution in [1.82, 2.24) is 0 Å². The molecule has 0 aromatic heterocycles. The van der Waals surface area contributed by atoms with Crippen LogP contribution in [0, 0.1) is 0 Å². The second-order valence-electron chi connectivity index (χ2n) is 3.90. The van der Waals surface area contributed by atoms with Crippen molar-refractivity contribution in [3.8, 4) is 0 Å². The lowest BCUT2D eigenvalue weighted by molar-refractivity contribution is 1.53. The summed E-state index contributed by atoms with van der Waals surface area (Å²) >= 11 is 3.86. The van der Waals surface area contributed by atoms with Gasteiger partial charge in [-0.25, -0.2) is 0 Å². The van der Waals surface area contributed by atoms with Crippen LogP contribution in [0.4, 0.5) is 0 Å². The molecule has 2 aromatic rings. The van der Waals surface area contributed by atoms with Gasteiger partial charge >= 0.3 is 0 Å². The molecule has 94 valence electrons. The standard InChI is InChI=1S/C16H18S2/c1-3-17-16(18-4-2)12-14-10-7-9-13-8-5-6-11-15(13)14/h5-12H,3-4H2,1-2H3. The number of fused-ring (bicyclic) bond motifs is 1. The highest BCUT2D eigenvalue weighted by molar-refractivity contribution is 8.22. The summed E-state index contributed by atoms with van der Waals surface area (Å²) in [5.41, 5.74) is 1.32. The first kappa shape index (κ1) is 13.6. The Balaban J connectivity index is 2.43. The molecule has 0 fully saturated rings. The lowest BCUT2D eigenvalue weighted by Gasteiger charge is -2.06. The zero-order chi connectivity index (χ0) is 12.8. The molecule has 0 radical (unpaired) electrons. The number of thioether (sulfide) groups is 2. The Labute approximate surface area is 118 Å². The molecule has 18 heavy (non-hydrogen) atoms. The van der Waals surface area contributed by atoms with E-state index < -0.39 is 0 Å². The highest BCUT2D eigenvalue weighted by Crippen LogP contribution is 2.32. The monoisotopic (exact) mass is 274 g/mol. The van der Waals surface area contributed by atoms with Crippen molar-refractivity contribution in [3.05, 3.63) is 52.3 Å². The topological polar surface area (TPSA) is 0 Å². The van der Waals surface area contributed by atoms with Crippen molar-refractivity contribution < 1.29 is 0 Å². The number of benzene rings is 2. The van der Waals surface area contributed by atoms with E-state index in [4.69, 9.17) is 0 Å². The second kappa shape index (κ2) is 6.91. The van der Waals surface area contributed by atoms with Gasteiger partial charge in [0.25, 0.3) is 0 Å². The number of rotatable bonds is 5. The lowest BCUT2D eigenvalue weighted by atomic mass is 10.1. The molecule has 0 nitrogen and oxygen atoms in total. The number of hydrogen-bond donors (Lipinski definition) is 0. The molecule has 0 saturated carbocycles. The molecule has 0 spiro atoms. The molecule has 0 bridgehead atoms. The molecule has 0 N–H and O–H groups in total. The molecular weight excluding hydrogens is 256 g/mol. The Bertz CT molecular complexity index is 530. The van der Waals surface area contributed by atoms with Gasteiger partial charge in [0.15, 0.2) is 0 Å². The van der Waals surface area contributed by atoms with Crippen LogP contribution in [0.1, 0.15) is 19.4 Å². The summed E-state index contributed by atoms with van der Waals surface area (Å²) in [4.78, 5) is 0. The molecule has 0 aliphatic rings. The van der Waals surface area contributed by atoms with E-state index in [2.05, 4.69) is 62.4 Å². The van der Waals surface area contributed by atoms with Gasteiger partial charge in [-0.2, -0.15) is 0 Å². The van der Waals surface area contributed by atoms with E-state index in [1.807, 2.05) is 23.5 Å². The third-order valence-electron chi connectivity index (χ3n) is 2.67. The minimum atomic E-state index is 1.13. The van der Waals surface area contributed by atoms with Gasteiger partial charge < -0.3 is 0 Å². The molecule has 0 heterocycles. The molecule has 2 rings (SSSR count). The van der Waals surface area contributed by atoms with Crippen molar-refractivity contribution in [2.45, 2.75) is 13.8 Å². The van der Waals surface area contributed by atoms with Crippen molar-refractivity contribution in [1.29, 1.82) is 0 Å². The predicted molar refractivity (Wildman–Crippen MR) is 88.2 cm³/mol. The molecule has 2 heteroatoms. The molecule has 0 unspecified atom stereocenters. The molecular formula is C16H18S2. The summed E-state index contributed by atoms with van der Waals surface area (Å²) in [5, 5.41) is 2.65. The average Bonchev–Trinajstić information content (AvgIpc) is 2.40. The fourth-order valence-electron chi connectivity index (χ4n) is 1.91. The first-order chi connectivity index (χ1) is 8.85. The van der Waals surface area contributed by atoms with Crippen molar-refractivity contribution >= 4 is 40.4 Å². The normalized spacial score (nSPS) is 10.6. The fourth-order valence-corrected chi connectivity index (χ4v) is 3.94. The van der Waals surface area contributed by atoms with E-state index in [0.29, 0.717) is 0 Å². The smallest absolute Gasteiger partial charge is 0.0406 e. The van der Waals surface area contributed by atoms with Gasteiger partial charge in [-0.05, 0) is 33.9 Å². The van der Waals surface area contributed by atoms with Crippen molar-refractivity contribution in [2.24, 2.45) is 0 Å². The maximum absolute atomic E-state index is 2.32. The van der Waals surface area contributed by atoms with Crippen LogP contribution in [0.2, 0.25) is 0 Å². The Hall–Kier alpha value is -0.860. The van der Waals surface area contributed by atoms with Gasteiger partial charge in [-0.3, -0.25) is 0 Å². The summed E-state index contributed by atoms with van der Waals surface area (Å²) in [6, 6.07) is 15.1. The van der Waals surface area contributed by atoms with Crippen LogP contribution in [-0.2, 0) is 0 Å². The van der Waals surface area contributed by atoms with Gasteiger partial charge in [0.1, 0.15) is 0 Å². The first-order valence-corrected chi connectivity index (χ1v) is 8.27. The van der Waals surface area contributed by atoms with Crippen LogP contribution in [0.15, 0.2) is 46.7 Å². The van der Waals surface area contributed by atoms with Crippen LogP contribution in [0.3, 0.4) is 0 Å². The van der Waals surface area contributed by atoms with Crippen molar-refractivity contribution in [2.75, 3.05) is 11.5 Å². The second-order valence-corrected chi connectivity index (χ2v) is 6.77. The van der Waals surface area contributed by atoms with E-state index >= 15 is 0 Å². The summed E-state index contributed by atoms with van der Waals surface area (Å²) in [5.74, 6) is 2.26. The summed E-state index contributed by atoms with van der Waals surface area (Å²) in [6.45, 7) is 4.41. The maximum Gasteiger partial charge on any atom is 0.0406 e. The molecule has 2 aromatic carbocycles. The Kier molecular flexibility index (Phi) is 5.21. The van der Waals surface area contributed by atoms with Gasteiger partial charge in [0.2, 0.25) is 0 Å². The predicted octanol–water partition coefficient (Wildman–Crippen LogP) is 5.64. The van der Waals surface area contributed by atoms with E-state index in [1.54, 1.807) is 0 Å². The minimum Gasteiger partial charge on any atom is -0.120 e. The van der Waals surface area contributed by atoms with Gasteiger partial charge in [0, 0.05) is 4.24 Å². The summed E-state index contributed by atoms with van der Waals surface area (Å²) in [7, 11) is 0. The van der Waals surface area contributed by atoms with Crippen LogP contribution in [0.25, 0.3) is 16.8 Å². The largest absolute Gasteiger partial charge is 0.120 e. The molecule has 0 atom stereocenters. The highest BCUT2D eigenvalue weighted by Gasteiger charge is 2.01. The van der Waals surface area contributed by atoms with Gasteiger partial charge in [0.05, 0.1) is 0 Å². The van der Waals surface area contributed by atoms with E-state index in [0.717, 1.165) is 11.5 Å². The lowest BCUT2D eigenvalue weighted by Crippen LogP contribution is -1.80. The first-order valence-electron chi connectivity index (χ1n) is 6.30. The van der Waals surface area contributed by atoms with Crippen LogP contribution in [0.5, 0.6) is 0 Å². The maximum atomic E-state index is 2.32. The summed E-state index contributed by atoms with van der Waals surface area (Å²) < 4.78 is 1.41. The summed E-state index contributed by atoms with van der Waals surface area (Å²) in [6.07, 6.45) is 2.32. The Morgan fingerprint density at radius 1 is 0.944 bits per heavy atom. The quantitative estimate of drug-likeness (QED) is 0.691. The van der Waals surface area contributed by atoms with E-state index in [1.165, 1.54) is 20.6 Å². The SMILES string of the molecule is CCSC(=Cc1cccc2ccccc12)SCC. The fraction of sp³-hybridized carbons (Fsp3) is 0.250. The Morgan fingerprint density at radius 2 is 1.61 bits per heavy atom. The number of hydrogen-bond acceptors (Lipinski definition) is 2. The van der Waals surface area contributed by atoms with Crippen LogP contribution < -0.4 is 0 Å². The minimum absolute atomic E-state index is 1.13. The van der Waals surface area contributed by atoms with Crippen molar-refractivity contribution in [3.63, 3.8) is 0 Å². The highest BCUT2D eigenvalue weighted by atomic mass is 32.2. The Morgan fingerprint density at radius 3 is 2.33 bits per heavy atom. The zero-order valence-corrected chi connectivity index (χ0v) is 12.5. The third kappa shape index (κ3) is 3.33. The van der Waals surface area contributed by atoms with E-state index in [9.17, 15) is 0 Å². The third-order valence-corrected chi connectivity index (χ3v) is 4.76. The average molecular weight is 274 g/mol. The zero-order valence-electron chi connectivity index (χ0n) is 10.8. The molecule has 0 aliphatic heterocycles. The van der Waals surface area contributed by atoms with E-state index in [-0.39, 0.29) is 0 Å².